The zero-order valence-corrected chi connectivity index (χ0v) is 34.8. The minimum absolute atomic E-state index is 0.137. The number of hydrogen-bond donors (Lipinski definition) is 2. The standard InChI is InChI=1S/C41H57ClN4O7S2/c1-29-7-4-16-41(52-3,27-45-19-6-21-54(48,49)22-18-43-17-20-45)36-12-9-33(36)25-46-26-40(15-5-8-31-23-34(42)11-13-35(31)40)28-53-38-14-10-32(24-37(38)46)39(47)44-55(50,51)30(29)2/h4,10-11,13-14,16,23-24,29-30,33,36,43H,5-9,12,15,17-22,25-28H2,1-3H3,(H,44,47)/b16-4+/t29-,30+,33-,36+,40-,41-/m0/s1. The summed E-state index contributed by atoms with van der Waals surface area (Å²) in [5, 5.41) is 3.21. The minimum atomic E-state index is -4.01. The summed E-state index contributed by atoms with van der Waals surface area (Å²) in [4.78, 5) is 18.4. The number of benzene rings is 2. The molecule has 14 heteroatoms. The SMILES string of the molecule is CO[C@]1(CN2CCCS(=O)(=O)CCNCC2)/C=C/C[C@H](C)[C@@H](C)S(=O)(=O)NC(=O)c2ccc3c(c2)N(C[C@@H]2CC[C@H]21)C[C@@]1(CCCc2cc(Cl)ccc21)CO3. The molecule has 0 radical (unpaired) electrons. The maximum Gasteiger partial charge on any atom is 0.264 e. The number of rotatable bonds is 3. The first-order valence-corrected chi connectivity index (χ1v) is 23.7. The molecule has 2 N–H and O–H groups in total. The Morgan fingerprint density at radius 2 is 1.85 bits per heavy atom. The average molecular weight is 818 g/mol. The monoisotopic (exact) mass is 816 g/mol. The number of sulfonamides is 1. The molecule has 1 spiro atoms. The number of hydrogen-bond acceptors (Lipinski definition) is 10. The Morgan fingerprint density at radius 1 is 1.02 bits per heavy atom. The lowest BCUT2D eigenvalue weighted by Crippen LogP contribution is -2.57. The van der Waals surface area contributed by atoms with Crippen LogP contribution in [0.15, 0.2) is 48.6 Å². The maximum atomic E-state index is 13.7. The van der Waals surface area contributed by atoms with Gasteiger partial charge in [0, 0.05) is 62.4 Å². The molecule has 7 rings (SSSR count). The van der Waals surface area contributed by atoms with Crippen LogP contribution >= 0.6 is 11.6 Å². The molecule has 2 bridgehead atoms. The number of halogens is 1. The van der Waals surface area contributed by atoms with Gasteiger partial charge in [0.05, 0.1) is 29.0 Å². The van der Waals surface area contributed by atoms with Crippen LogP contribution in [-0.4, -0.2) is 110 Å². The van der Waals surface area contributed by atoms with E-state index in [-0.39, 0.29) is 40.2 Å². The summed E-state index contributed by atoms with van der Waals surface area (Å²) in [7, 11) is -5.37. The van der Waals surface area contributed by atoms with Gasteiger partial charge in [-0.3, -0.25) is 9.69 Å². The summed E-state index contributed by atoms with van der Waals surface area (Å²) >= 11 is 6.50. The van der Waals surface area contributed by atoms with E-state index in [1.54, 1.807) is 26.2 Å². The largest absolute Gasteiger partial charge is 0.490 e. The topological polar surface area (TPSA) is 134 Å². The summed E-state index contributed by atoms with van der Waals surface area (Å²) in [5.41, 5.74) is 2.52. The number of aryl methyl sites for hydroxylation is 1. The highest BCUT2D eigenvalue weighted by molar-refractivity contribution is 7.91. The van der Waals surface area contributed by atoms with Crippen molar-refractivity contribution in [1.82, 2.24) is 14.9 Å². The summed E-state index contributed by atoms with van der Waals surface area (Å²) in [6.07, 6.45) is 10.1. The number of nitrogens with zero attached hydrogens (tertiary/aromatic N) is 2. The highest BCUT2D eigenvalue weighted by atomic mass is 35.5. The molecule has 1 saturated carbocycles. The Labute approximate surface area is 332 Å². The van der Waals surface area contributed by atoms with Crippen molar-refractivity contribution in [2.24, 2.45) is 17.8 Å². The molecule has 2 aromatic rings. The third kappa shape index (κ3) is 8.62. The van der Waals surface area contributed by atoms with Gasteiger partial charge >= 0.3 is 0 Å². The lowest BCUT2D eigenvalue weighted by atomic mass is 9.63. The second kappa shape index (κ2) is 16.3. The Balaban J connectivity index is 1.29. The first-order chi connectivity index (χ1) is 26.2. The fourth-order valence-electron chi connectivity index (χ4n) is 9.63. The Hall–Kier alpha value is -2.68. The van der Waals surface area contributed by atoms with Crippen molar-refractivity contribution < 1.29 is 31.1 Å². The number of carbonyl (C=O) groups is 1. The van der Waals surface area contributed by atoms with Crippen LogP contribution < -0.4 is 19.7 Å². The van der Waals surface area contributed by atoms with E-state index >= 15 is 0 Å². The molecular formula is C41H57ClN4O7S2. The number of methoxy groups -OCH3 is 1. The summed E-state index contributed by atoms with van der Waals surface area (Å²) in [5.74, 6) is 0.421. The van der Waals surface area contributed by atoms with E-state index < -0.39 is 36.6 Å². The van der Waals surface area contributed by atoms with Gasteiger partial charge in [-0.1, -0.05) is 36.7 Å². The summed E-state index contributed by atoms with van der Waals surface area (Å²) < 4.78 is 68.3. The predicted octanol–water partition coefficient (Wildman–Crippen LogP) is 4.98. The second-order valence-electron chi connectivity index (χ2n) is 16.7. The van der Waals surface area contributed by atoms with Crippen LogP contribution in [0.3, 0.4) is 0 Å². The van der Waals surface area contributed by atoms with Crippen LogP contribution in [0.25, 0.3) is 0 Å². The third-order valence-electron chi connectivity index (χ3n) is 13.2. The van der Waals surface area contributed by atoms with Crippen molar-refractivity contribution in [2.75, 3.05) is 75.9 Å². The lowest BCUT2D eigenvalue weighted by molar-refractivity contribution is -0.0913. The van der Waals surface area contributed by atoms with Crippen molar-refractivity contribution in [3.8, 4) is 5.75 Å². The van der Waals surface area contributed by atoms with Crippen LogP contribution in [0, 0.1) is 17.8 Å². The van der Waals surface area contributed by atoms with Crippen molar-refractivity contribution >= 4 is 43.1 Å². The molecule has 0 unspecified atom stereocenters. The van der Waals surface area contributed by atoms with E-state index in [2.05, 4.69) is 44.1 Å². The first-order valence-electron chi connectivity index (χ1n) is 20.0. The average Bonchev–Trinajstić information content (AvgIpc) is 3.28. The minimum Gasteiger partial charge on any atom is -0.490 e. The van der Waals surface area contributed by atoms with E-state index in [0.29, 0.717) is 64.5 Å². The quantitative estimate of drug-likeness (QED) is 0.409. The molecule has 0 aromatic heterocycles. The molecule has 2 fully saturated rings. The summed E-state index contributed by atoms with van der Waals surface area (Å²) in [6.45, 7) is 8.47. The molecule has 6 atom stereocenters. The van der Waals surface area contributed by atoms with E-state index in [0.717, 1.165) is 49.4 Å². The number of anilines is 1. The second-order valence-corrected chi connectivity index (χ2v) is 21.5. The number of amides is 1. The first kappa shape index (κ1) is 40.5. The fourth-order valence-corrected chi connectivity index (χ4v) is 12.3. The van der Waals surface area contributed by atoms with Gasteiger partial charge in [0.25, 0.3) is 5.91 Å². The molecular weight excluding hydrogens is 760 g/mol. The molecule has 1 amide bonds. The smallest absolute Gasteiger partial charge is 0.264 e. The number of carbonyl (C=O) groups excluding carboxylic acids is 1. The fraction of sp³-hybridized carbons (Fsp3) is 0.634. The molecule has 11 nitrogen and oxygen atoms in total. The third-order valence-corrected chi connectivity index (χ3v) is 17.1. The predicted molar refractivity (Wildman–Crippen MR) is 218 cm³/mol. The normalized spacial score (nSPS) is 33.5. The Kier molecular flexibility index (Phi) is 12.0. The van der Waals surface area contributed by atoms with Gasteiger partial charge in [-0.2, -0.15) is 0 Å². The van der Waals surface area contributed by atoms with Gasteiger partial charge < -0.3 is 19.7 Å². The molecule has 3 aliphatic heterocycles. The van der Waals surface area contributed by atoms with Gasteiger partial charge in [0.1, 0.15) is 11.4 Å². The van der Waals surface area contributed by atoms with Gasteiger partial charge in [0.15, 0.2) is 9.84 Å². The number of ether oxygens (including phenoxy) is 2. The number of allylic oxidation sites excluding steroid dienone is 1. The Bertz CT molecular complexity index is 1990. The van der Waals surface area contributed by atoms with E-state index in [4.69, 9.17) is 21.1 Å². The van der Waals surface area contributed by atoms with Crippen LogP contribution in [0.4, 0.5) is 5.69 Å². The van der Waals surface area contributed by atoms with Gasteiger partial charge in [-0.05, 0) is 118 Å². The van der Waals surface area contributed by atoms with E-state index in [1.165, 1.54) is 11.1 Å². The Morgan fingerprint density at radius 3 is 2.64 bits per heavy atom. The van der Waals surface area contributed by atoms with Crippen molar-refractivity contribution in [2.45, 2.75) is 75.1 Å². The van der Waals surface area contributed by atoms with Crippen LogP contribution in [0.5, 0.6) is 5.75 Å². The molecule has 1 saturated heterocycles. The van der Waals surface area contributed by atoms with Crippen LogP contribution in [0.1, 0.15) is 73.9 Å². The van der Waals surface area contributed by atoms with Crippen molar-refractivity contribution in [3.05, 3.63) is 70.3 Å². The van der Waals surface area contributed by atoms with Gasteiger partial charge in [-0.25, -0.2) is 21.6 Å². The van der Waals surface area contributed by atoms with Crippen LogP contribution in [0.2, 0.25) is 5.02 Å². The van der Waals surface area contributed by atoms with Crippen molar-refractivity contribution in [1.29, 1.82) is 0 Å². The summed E-state index contributed by atoms with van der Waals surface area (Å²) in [6, 6.07) is 11.5. The molecule has 3 heterocycles. The number of fused-ring (bicyclic) bond motifs is 4. The lowest BCUT2D eigenvalue weighted by Gasteiger charge is -2.52. The molecule has 5 aliphatic rings. The zero-order chi connectivity index (χ0) is 39.0. The highest BCUT2D eigenvalue weighted by Crippen LogP contribution is 2.49. The molecule has 55 heavy (non-hydrogen) atoms. The zero-order valence-electron chi connectivity index (χ0n) is 32.4. The molecule has 2 aromatic carbocycles. The van der Waals surface area contributed by atoms with Gasteiger partial charge in [-0.15, -0.1) is 0 Å². The van der Waals surface area contributed by atoms with E-state index in [1.807, 2.05) is 19.1 Å². The van der Waals surface area contributed by atoms with Crippen LogP contribution in [-0.2, 0) is 36.4 Å². The highest BCUT2D eigenvalue weighted by Gasteiger charge is 2.50. The number of sulfone groups is 1. The van der Waals surface area contributed by atoms with Gasteiger partial charge in [0.2, 0.25) is 10.0 Å². The maximum absolute atomic E-state index is 13.7. The van der Waals surface area contributed by atoms with Crippen molar-refractivity contribution in [3.63, 3.8) is 0 Å². The molecule has 302 valence electrons. The number of nitrogens with one attached hydrogen (secondary N) is 2. The van der Waals surface area contributed by atoms with E-state index in [9.17, 15) is 21.6 Å². The molecule has 2 aliphatic carbocycles.